The van der Waals surface area contributed by atoms with E-state index in [0.29, 0.717) is 23.1 Å². The topological polar surface area (TPSA) is 86.0 Å². The Labute approximate surface area is 158 Å². The van der Waals surface area contributed by atoms with Crippen molar-refractivity contribution in [3.63, 3.8) is 0 Å². The van der Waals surface area contributed by atoms with Gasteiger partial charge in [0, 0.05) is 23.6 Å². The van der Waals surface area contributed by atoms with Crippen molar-refractivity contribution < 1.29 is 9.90 Å². The third-order valence-corrected chi connectivity index (χ3v) is 4.34. The molecule has 0 spiro atoms. The maximum absolute atomic E-state index is 12.5. The van der Waals surface area contributed by atoms with Crippen molar-refractivity contribution in [2.24, 2.45) is 5.92 Å². The van der Waals surface area contributed by atoms with Crippen molar-refractivity contribution >= 4 is 16.8 Å². The second kappa shape index (κ2) is 7.88. The summed E-state index contributed by atoms with van der Waals surface area (Å²) < 4.78 is 0. The van der Waals surface area contributed by atoms with Gasteiger partial charge in [0.2, 0.25) is 5.91 Å². The first-order valence-corrected chi connectivity index (χ1v) is 8.85. The Morgan fingerprint density at radius 2 is 2.04 bits per heavy atom. The van der Waals surface area contributed by atoms with Gasteiger partial charge in [-0.3, -0.25) is 9.78 Å². The van der Waals surface area contributed by atoms with Crippen LogP contribution in [0.1, 0.15) is 43.0 Å². The maximum Gasteiger partial charge on any atom is 0.221 e. The van der Waals surface area contributed by atoms with Crippen LogP contribution in [-0.4, -0.2) is 16.0 Å². The number of carbonyl (C=O) groups excluding carboxylic acids is 1. The highest BCUT2D eigenvalue weighted by Crippen LogP contribution is 2.34. The lowest BCUT2D eigenvalue weighted by Crippen LogP contribution is -2.30. The zero-order valence-electron chi connectivity index (χ0n) is 15.3. The molecule has 1 atom stereocenters. The molecule has 1 amide bonds. The van der Waals surface area contributed by atoms with E-state index in [0.717, 1.165) is 10.9 Å². The first-order chi connectivity index (χ1) is 13.0. The molecule has 0 aliphatic rings. The van der Waals surface area contributed by atoms with Gasteiger partial charge in [0.15, 0.2) is 0 Å². The fourth-order valence-corrected chi connectivity index (χ4v) is 3.10. The summed E-state index contributed by atoms with van der Waals surface area (Å²) in [6.45, 7) is 3.95. The van der Waals surface area contributed by atoms with E-state index in [-0.39, 0.29) is 17.6 Å². The Kier molecular flexibility index (Phi) is 5.37. The van der Waals surface area contributed by atoms with Crippen LogP contribution in [0.3, 0.4) is 0 Å². The molecule has 0 bridgehead atoms. The number of hydrogen-bond acceptors (Lipinski definition) is 4. The number of hydrogen-bond donors (Lipinski definition) is 2. The van der Waals surface area contributed by atoms with Gasteiger partial charge in [0.25, 0.3) is 0 Å². The number of pyridine rings is 1. The zero-order chi connectivity index (χ0) is 19.4. The summed E-state index contributed by atoms with van der Waals surface area (Å²) in [6, 6.07) is 15.9. The minimum absolute atomic E-state index is 0.0327. The van der Waals surface area contributed by atoms with Crippen molar-refractivity contribution in [2.45, 2.75) is 26.3 Å². The quantitative estimate of drug-likeness (QED) is 0.719. The Balaban J connectivity index is 2.10. The molecule has 0 radical (unpaired) electrons. The molecule has 136 valence electrons. The minimum Gasteiger partial charge on any atom is -0.505 e. The number of nitrogens with one attached hydrogen (secondary N) is 1. The number of phenols is 1. The standard InChI is InChI=1S/C22H21N3O2/c1-14(2)11-19(26)25-20(17-6-3-5-15(12-17)13-23)18-9-8-16-7-4-10-24-21(16)22(18)27/h3-10,12,14,20,27H,11H2,1-2H3,(H,25,26). The van der Waals surface area contributed by atoms with Crippen LogP contribution < -0.4 is 5.32 Å². The SMILES string of the molecule is CC(C)CC(=O)NC(c1cccc(C#N)c1)c1ccc2cccnc2c1O. The molecular formula is C22H21N3O2. The highest BCUT2D eigenvalue weighted by molar-refractivity contribution is 5.86. The van der Waals surface area contributed by atoms with Crippen LogP contribution in [0.25, 0.3) is 10.9 Å². The predicted octanol–water partition coefficient (Wildman–Crippen LogP) is 4.06. The van der Waals surface area contributed by atoms with Crippen LogP contribution >= 0.6 is 0 Å². The monoisotopic (exact) mass is 359 g/mol. The molecule has 2 N–H and O–H groups in total. The van der Waals surface area contributed by atoms with Gasteiger partial charge in [-0.25, -0.2) is 0 Å². The van der Waals surface area contributed by atoms with E-state index in [1.807, 2.05) is 32.0 Å². The summed E-state index contributed by atoms with van der Waals surface area (Å²) in [5.41, 5.74) is 2.26. The van der Waals surface area contributed by atoms with E-state index < -0.39 is 6.04 Å². The first kappa shape index (κ1) is 18.4. The summed E-state index contributed by atoms with van der Waals surface area (Å²) in [5, 5.41) is 23.9. The van der Waals surface area contributed by atoms with E-state index >= 15 is 0 Å². The van der Waals surface area contributed by atoms with Gasteiger partial charge in [0.05, 0.1) is 17.7 Å². The van der Waals surface area contributed by atoms with Crippen molar-refractivity contribution in [1.82, 2.24) is 10.3 Å². The number of nitriles is 1. The van der Waals surface area contributed by atoms with Crippen molar-refractivity contribution in [1.29, 1.82) is 5.26 Å². The molecule has 3 aromatic rings. The van der Waals surface area contributed by atoms with Crippen molar-refractivity contribution in [3.8, 4) is 11.8 Å². The number of benzene rings is 2. The number of fused-ring (bicyclic) bond motifs is 1. The van der Waals surface area contributed by atoms with Crippen LogP contribution in [-0.2, 0) is 4.79 Å². The highest BCUT2D eigenvalue weighted by atomic mass is 16.3. The smallest absolute Gasteiger partial charge is 0.221 e. The highest BCUT2D eigenvalue weighted by Gasteiger charge is 2.22. The summed E-state index contributed by atoms with van der Waals surface area (Å²) >= 11 is 0. The van der Waals surface area contributed by atoms with Crippen LogP contribution in [0.2, 0.25) is 0 Å². The molecule has 3 rings (SSSR count). The Bertz CT molecular complexity index is 1020. The maximum atomic E-state index is 12.5. The van der Waals surface area contributed by atoms with Gasteiger partial charge in [0.1, 0.15) is 11.3 Å². The Morgan fingerprint density at radius 1 is 1.22 bits per heavy atom. The molecule has 5 nitrogen and oxygen atoms in total. The fraction of sp³-hybridized carbons (Fsp3) is 0.227. The summed E-state index contributed by atoms with van der Waals surface area (Å²) in [6.07, 6.45) is 2.00. The molecule has 0 saturated heterocycles. The molecule has 27 heavy (non-hydrogen) atoms. The molecule has 1 heterocycles. The molecular weight excluding hydrogens is 338 g/mol. The van der Waals surface area contributed by atoms with Crippen molar-refractivity contribution in [2.75, 3.05) is 0 Å². The van der Waals surface area contributed by atoms with Crippen LogP contribution in [0.15, 0.2) is 54.7 Å². The average molecular weight is 359 g/mol. The van der Waals surface area contributed by atoms with Gasteiger partial charge < -0.3 is 10.4 Å². The fourth-order valence-electron chi connectivity index (χ4n) is 3.10. The number of aromatic nitrogens is 1. The van der Waals surface area contributed by atoms with E-state index in [9.17, 15) is 15.2 Å². The Morgan fingerprint density at radius 3 is 2.78 bits per heavy atom. The third kappa shape index (κ3) is 4.06. The molecule has 1 aromatic heterocycles. The molecule has 0 aliphatic carbocycles. The molecule has 5 heteroatoms. The zero-order valence-corrected chi connectivity index (χ0v) is 15.3. The van der Waals surface area contributed by atoms with Crippen LogP contribution in [0, 0.1) is 17.2 Å². The lowest BCUT2D eigenvalue weighted by atomic mass is 9.94. The number of carbonyl (C=O) groups is 1. The lowest BCUT2D eigenvalue weighted by Gasteiger charge is -2.22. The second-order valence-electron chi connectivity index (χ2n) is 6.91. The molecule has 2 aromatic carbocycles. The van der Waals surface area contributed by atoms with Gasteiger partial charge in [-0.05, 0) is 29.7 Å². The number of aromatic hydroxyl groups is 1. The van der Waals surface area contributed by atoms with Gasteiger partial charge in [-0.15, -0.1) is 0 Å². The number of phenolic OH excluding ortho intramolecular Hbond substituents is 1. The molecule has 0 saturated carbocycles. The minimum atomic E-state index is -0.573. The van der Waals surface area contributed by atoms with Crippen molar-refractivity contribution in [3.05, 3.63) is 71.4 Å². The van der Waals surface area contributed by atoms with E-state index in [4.69, 9.17) is 0 Å². The van der Waals surface area contributed by atoms with Gasteiger partial charge >= 0.3 is 0 Å². The summed E-state index contributed by atoms with van der Waals surface area (Å²) in [4.78, 5) is 16.7. The second-order valence-corrected chi connectivity index (χ2v) is 6.91. The van der Waals surface area contributed by atoms with Crippen LogP contribution in [0.4, 0.5) is 0 Å². The first-order valence-electron chi connectivity index (χ1n) is 8.85. The van der Waals surface area contributed by atoms with E-state index in [1.165, 1.54) is 0 Å². The number of amides is 1. The summed E-state index contributed by atoms with van der Waals surface area (Å²) in [7, 11) is 0. The Hall–Kier alpha value is -3.39. The number of rotatable bonds is 5. The predicted molar refractivity (Wildman–Crippen MR) is 104 cm³/mol. The largest absolute Gasteiger partial charge is 0.505 e. The van der Waals surface area contributed by atoms with Gasteiger partial charge in [-0.1, -0.05) is 44.2 Å². The summed E-state index contributed by atoms with van der Waals surface area (Å²) in [5.74, 6) is 0.131. The average Bonchev–Trinajstić information content (AvgIpc) is 2.66. The van der Waals surface area contributed by atoms with E-state index in [2.05, 4.69) is 16.4 Å². The van der Waals surface area contributed by atoms with E-state index in [1.54, 1.807) is 36.5 Å². The number of nitrogens with zero attached hydrogens (tertiary/aromatic N) is 2. The molecule has 0 aliphatic heterocycles. The normalized spacial score (nSPS) is 11.9. The van der Waals surface area contributed by atoms with Gasteiger partial charge in [-0.2, -0.15) is 5.26 Å². The van der Waals surface area contributed by atoms with Crippen LogP contribution in [0.5, 0.6) is 5.75 Å². The molecule has 0 fully saturated rings. The third-order valence-electron chi connectivity index (χ3n) is 4.34. The molecule has 1 unspecified atom stereocenters. The lowest BCUT2D eigenvalue weighted by molar-refractivity contribution is -0.122.